The summed E-state index contributed by atoms with van der Waals surface area (Å²) in [5.41, 5.74) is 1.18. The van der Waals surface area contributed by atoms with Crippen molar-refractivity contribution in [1.29, 1.82) is 0 Å². The van der Waals surface area contributed by atoms with E-state index in [0.29, 0.717) is 36.4 Å². The lowest BCUT2D eigenvalue weighted by Crippen LogP contribution is -2.51. The Kier molecular flexibility index (Phi) is 5.46. The summed E-state index contributed by atoms with van der Waals surface area (Å²) < 4.78 is 11.8. The lowest BCUT2D eigenvalue weighted by atomic mass is 9.78. The van der Waals surface area contributed by atoms with Gasteiger partial charge in [-0.2, -0.15) is 4.98 Å². The number of carbonyl (C=O) groups is 1. The Labute approximate surface area is 180 Å². The number of pyridine rings is 2. The normalized spacial score (nSPS) is 20.6. The van der Waals surface area contributed by atoms with E-state index < -0.39 is 0 Å². The number of likely N-dealkylation sites (tertiary alicyclic amines) is 1. The van der Waals surface area contributed by atoms with Crippen LogP contribution in [0.15, 0.2) is 53.4 Å². The van der Waals surface area contributed by atoms with Crippen LogP contribution in [0.3, 0.4) is 0 Å². The minimum Gasteiger partial charge on any atom is -0.375 e. The predicted molar refractivity (Wildman–Crippen MR) is 112 cm³/mol. The van der Waals surface area contributed by atoms with E-state index in [-0.39, 0.29) is 11.5 Å². The van der Waals surface area contributed by atoms with Crippen molar-refractivity contribution in [2.24, 2.45) is 5.92 Å². The summed E-state index contributed by atoms with van der Waals surface area (Å²) in [5.74, 6) is 1.65. The summed E-state index contributed by atoms with van der Waals surface area (Å²) in [4.78, 5) is 27.4. The number of aromatic nitrogens is 4. The molecule has 1 atom stereocenters. The molecule has 1 spiro atoms. The van der Waals surface area contributed by atoms with Crippen molar-refractivity contribution in [2.75, 3.05) is 19.7 Å². The molecule has 5 rings (SSSR count). The molecule has 0 bridgehead atoms. The van der Waals surface area contributed by atoms with Crippen LogP contribution in [0, 0.1) is 5.92 Å². The maximum atomic E-state index is 12.7. The van der Waals surface area contributed by atoms with E-state index in [4.69, 9.17) is 9.26 Å². The van der Waals surface area contributed by atoms with Gasteiger partial charge >= 0.3 is 0 Å². The van der Waals surface area contributed by atoms with E-state index in [9.17, 15) is 4.79 Å². The standard InChI is InChI=1S/C23H25N5O3/c29-22(19-5-1-2-10-25-19)28-11-7-23(8-12-28)15-17(6-13-30-23)14-20-26-21(27-31-20)18-4-3-9-24-16-18/h1-5,9-10,16-17H,6-8,11-15H2. The fourth-order valence-corrected chi connectivity index (χ4v) is 4.62. The number of piperidine rings is 1. The molecule has 31 heavy (non-hydrogen) atoms. The maximum Gasteiger partial charge on any atom is 0.272 e. The predicted octanol–water partition coefficient (Wildman–Crippen LogP) is 3.17. The lowest BCUT2D eigenvalue weighted by molar-refractivity contribution is -0.124. The molecule has 8 nitrogen and oxygen atoms in total. The van der Waals surface area contributed by atoms with Crippen LogP contribution in [0.4, 0.5) is 0 Å². The van der Waals surface area contributed by atoms with Crippen molar-refractivity contribution in [2.45, 2.75) is 37.7 Å². The first-order chi connectivity index (χ1) is 15.2. The Bertz CT molecular complexity index is 1020. The van der Waals surface area contributed by atoms with Gasteiger partial charge in [-0.25, -0.2) is 0 Å². The quantitative estimate of drug-likeness (QED) is 0.641. The number of nitrogens with zero attached hydrogens (tertiary/aromatic N) is 5. The van der Waals surface area contributed by atoms with Crippen LogP contribution >= 0.6 is 0 Å². The average Bonchev–Trinajstić information content (AvgIpc) is 3.29. The minimum atomic E-state index is -0.171. The van der Waals surface area contributed by atoms with Gasteiger partial charge < -0.3 is 14.2 Å². The van der Waals surface area contributed by atoms with Crippen LogP contribution in [-0.2, 0) is 11.2 Å². The number of hydrogen-bond donors (Lipinski definition) is 0. The SMILES string of the molecule is O=C(c1ccccn1)N1CCC2(CC1)CC(Cc1nc(-c3cccnc3)no1)CCO2. The second-order valence-electron chi connectivity index (χ2n) is 8.36. The van der Waals surface area contributed by atoms with Gasteiger partial charge in [-0.05, 0) is 55.9 Å². The van der Waals surface area contributed by atoms with Gasteiger partial charge in [-0.15, -0.1) is 0 Å². The number of rotatable bonds is 4. The van der Waals surface area contributed by atoms with Gasteiger partial charge in [-0.3, -0.25) is 14.8 Å². The molecule has 0 saturated carbocycles. The molecular formula is C23H25N5O3. The summed E-state index contributed by atoms with van der Waals surface area (Å²) in [5, 5.41) is 4.11. The highest BCUT2D eigenvalue weighted by Gasteiger charge is 2.41. The van der Waals surface area contributed by atoms with Gasteiger partial charge in [0.1, 0.15) is 5.69 Å². The van der Waals surface area contributed by atoms with Crippen LogP contribution in [0.25, 0.3) is 11.4 Å². The summed E-state index contributed by atoms with van der Waals surface area (Å²) in [6, 6.07) is 9.21. The molecule has 2 aliphatic heterocycles. The lowest BCUT2D eigenvalue weighted by Gasteiger charge is -2.46. The molecule has 1 amide bonds. The van der Waals surface area contributed by atoms with Crippen molar-refractivity contribution in [3.05, 3.63) is 60.5 Å². The fraction of sp³-hybridized carbons (Fsp3) is 0.435. The summed E-state index contributed by atoms with van der Waals surface area (Å²) in [6.45, 7) is 2.10. The first-order valence-electron chi connectivity index (χ1n) is 10.8. The van der Waals surface area contributed by atoms with E-state index >= 15 is 0 Å². The number of carbonyl (C=O) groups excluding carboxylic acids is 1. The topological polar surface area (TPSA) is 94.2 Å². The zero-order valence-electron chi connectivity index (χ0n) is 17.3. The van der Waals surface area contributed by atoms with E-state index in [0.717, 1.165) is 44.3 Å². The average molecular weight is 419 g/mol. The minimum absolute atomic E-state index is 0.00315. The highest BCUT2D eigenvalue weighted by Crippen LogP contribution is 2.39. The highest BCUT2D eigenvalue weighted by molar-refractivity contribution is 5.92. The Hall–Kier alpha value is -3.13. The Morgan fingerprint density at radius 3 is 2.84 bits per heavy atom. The molecule has 8 heteroatoms. The van der Waals surface area contributed by atoms with Crippen LogP contribution in [0.2, 0.25) is 0 Å². The summed E-state index contributed by atoms with van der Waals surface area (Å²) >= 11 is 0. The molecule has 0 aromatic carbocycles. The largest absolute Gasteiger partial charge is 0.375 e. The summed E-state index contributed by atoms with van der Waals surface area (Å²) in [7, 11) is 0. The number of hydrogen-bond acceptors (Lipinski definition) is 7. The first-order valence-corrected chi connectivity index (χ1v) is 10.8. The molecular weight excluding hydrogens is 394 g/mol. The monoisotopic (exact) mass is 419 g/mol. The molecule has 3 aromatic rings. The molecule has 0 N–H and O–H groups in total. The molecule has 0 aliphatic carbocycles. The van der Waals surface area contributed by atoms with Crippen molar-refractivity contribution in [3.8, 4) is 11.4 Å². The van der Waals surface area contributed by atoms with Gasteiger partial charge in [0.15, 0.2) is 0 Å². The third-order valence-corrected chi connectivity index (χ3v) is 6.29. The van der Waals surface area contributed by atoms with Crippen molar-refractivity contribution >= 4 is 5.91 Å². The van der Waals surface area contributed by atoms with Gasteiger partial charge in [0, 0.05) is 50.3 Å². The molecule has 2 fully saturated rings. The van der Waals surface area contributed by atoms with Gasteiger partial charge in [0.05, 0.1) is 5.60 Å². The highest BCUT2D eigenvalue weighted by atomic mass is 16.5. The second-order valence-corrected chi connectivity index (χ2v) is 8.36. The fourth-order valence-electron chi connectivity index (χ4n) is 4.62. The smallest absolute Gasteiger partial charge is 0.272 e. The summed E-state index contributed by atoms with van der Waals surface area (Å²) in [6.07, 6.45) is 9.46. The van der Waals surface area contributed by atoms with Gasteiger partial charge in [0.25, 0.3) is 5.91 Å². The molecule has 1 unspecified atom stereocenters. The van der Waals surface area contributed by atoms with Crippen molar-refractivity contribution < 1.29 is 14.1 Å². The van der Waals surface area contributed by atoms with Crippen LogP contribution < -0.4 is 0 Å². The zero-order chi connectivity index (χ0) is 21.1. The van der Waals surface area contributed by atoms with Crippen LogP contribution in [0.1, 0.15) is 42.1 Å². The zero-order valence-corrected chi connectivity index (χ0v) is 17.3. The molecule has 3 aromatic heterocycles. The molecule has 0 radical (unpaired) electrons. The third-order valence-electron chi connectivity index (χ3n) is 6.29. The molecule has 2 saturated heterocycles. The van der Waals surface area contributed by atoms with E-state index in [2.05, 4.69) is 20.1 Å². The van der Waals surface area contributed by atoms with E-state index in [1.54, 1.807) is 24.7 Å². The first kappa shape index (κ1) is 19.8. The van der Waals surface area contributed by atoms with E-state index in [1.807, 2.05) is 29.2 Å². The van der Waals surface area contributed by atoms with Crippen molar-refractivity contribution in [3.63, 3.8) is 0 Å². The van der Waals surface area contributed by atoms with E-state index in [1.165, 1.54) is 0 Å². The molecule has 5 heterocycles. The Morgan fingerprint density at radius 1 is 1.16 bits per heavy atom. The third kappa shape index (κ3) is 4.34. The number of amides is 1. The second kappa shape index (κ2) is 8.55. The number of ether oxygens (including phenoxy) is 1. The van der Waals surface area contributed by atoms with Gasteiger partial charge in [0.2, 0.25) is 11.7 Å². The van der Waals surface area contributed by atoms with Crippen LogP contribution in [0.5, 0.6) is 0 Å². The molecule has 2 aliphatic rings. The van der Waals surface area contributed by atoms with Crippen molar-refractivity contribution in [1.82, 2.24) is 25.0 Å². The Morgan fingerprint density at radius 2 is 2.06 bits per heavy atom. The maximum absolute atomic E-state index is 12.7. The van der Waals surface area contributed by atoms with Crippen LogP contribution in [-0.4, -0.2) is 56.2 Å². The Balaban J connectivity index is 1.19. The van der Waals surface area contributed by atoms with Gasteiger partial charge in [-0.1, -0.05) is 11.2 Å². The molecule has 160 valence electrons.